The second kappa shape index (κ2) is 9.34. The molecule has 0 spiro atoms. The molecule has 0 radical (unpaired) electrons. The highest BCUT2D eigenvalue weighted by Gasteiger charge is 2.12. The highest BCUT2D eigenvalue weighted by molar-refractivity contribution is 7.09. The third-order valence-electron chi connectivity index (χ3n) is 3.53. The summed E-state index contributed by atoms with van der Waals surface area (Å²) in [5, 5.41) is 18.1. The Balaban J connectivity index is 1.73. The summed E-state index contributed by atoms with van der Waals surface area (Å²) in [5.74, 6) is 0.340. The lowest BCUT2D eigenvalue weighted by atomic mass is 10.0. The molecule has 0 bridgehead atoms. The van der Waals surface area contributed by atoms with Crippen LogP contribution in [0.5, 0.6) is 0 Å². The summed E-state index contributed by atoms with van der Waals surface area (Å²) in [6, 6.07) is 5.42. The van der Waals surface area contributed by atoms with Gasteiger partial charge >= 0.3 is 6.03 Å². The molecule has 0 fully saturated rings. The number of nitrogens with one attached hydrogen (secondary N) is 2. The van der Waals surface area contributed by atoms with Crippen molar-refractivity contribution in [1.82, 2.24) is 20.6 Å². The molecule has 0 saturated heterocycles. The van der Waals surface area contributed by atoms with E-state index in [0.717, 1.165) is 16.4 Å². The van der Waals surface area contributed by atoms with Crippen LogP contribution in [0.3, 0.4) is 0 Å². The molecule has 2 aromatic rings. The standard InChI is InChI=1S/C17H24N4O2S/c1-12(2)16-21-15(11-24-16)9-20-17(23)19-8-13(10-22)7-14-5-3-4-6-18-14/h3-6,11-13,22H,7-10H2,1-2H3,(H2,19,20,23). The molecule has 1 unspecified atom stereocenters. The summed E-state index contributed by atoms with van der Waals surface area (Å²) in [4.78, 5) is 20.6. The van der Waals surface area contributed by atoms with E-state index in [-0.39, 0.29) is 18.6 Å². The summed E-state index contributed by atoms with van der Waals surface area (Å²) < 4.78 is 0. The zero-order valence-corrected chi connectivity index (χ0v) is 14.8. The van der Waals surface area contributed by atoms with Crippen molar-refractivity contribution < 1.29 is 9.90 Å². The molecule has 0 aliphatic heterocycles. The Morgan fingerprint density at radius 1 is 1.29 bits per heavy atom. The SMILES string of the molecule is CC(C)c1nc(CNC(=O)NCC(CO)Cc2ccccn2)cs1. The molecule has 2 amide bonds. The van der Waals surface area contributed by atoms with Gasteiger partial charge in [-0.1, -0.05) is 19.9 Å². The number of aromatic nitrogens is 2. The number of amides is 2. The van der Waals surface area contributed by atoms with E-state index in [1.54, 1.807) is 17.5 Å². The lowest BCUT2D eigenvalue weighted by Gasteiger charge is -2.15. The van der Waals surface area contributed by atoms with E-state index in [2.05, 4.69) is 34.4 Å². The van der Waals surface area contributed by atoms with E-state index >= 15 is 0 Å². The van der Waals surface area contributed by atoms with Crippen LogP contribution in [0.4, 0.5) is 4.79 Å². The van der Waals surface area contributed by atoms with Gasteiger partial charge < -0.3 is 15.7 Å². The third kappa shape index (κ3) is 5.90. The molecule has 7 heteroatoms. The van der Waals surface area contributed by atoms with Crippen LogP contribution in [0.25, 0.3) is 0 Å². The number of pyridine rings is 1. The van der Waals surface area contributed by atoms with Crippen LogP contribution in [-0.2, 0) is 13.0 Å². The fourth-order valence-electron chi connectivity index (χ4n) is 2.16. The van der Waals surface area contributed by atoms with Crippen molar-refractivity contribution in [3.05, 3.63) is 46.2 Å². The van der Waals surface area contributed by atoms with E-state index in [0.29, 0.717) is 25.4 Å². The monoisotopic (exact) mass is 348 g/mol. The zero-order valence-electron chi connectivity index (χ0n) is 14.0. The van der Waals surface area contributed by atoms with Gasteiger partial charge in [0.25, 0.3) is 0 Å². The largest absolute Gasteiger partial charge is 0.396 e. The summed E-state index contributed by atoms with van der Waals surface area (Å²) in [5.41, 5.74) is 1.77. The van der Waals surface area contributed by atoms with Crippen molar-refractivity contribution in [2.45, 2.75) is 32.7 Å². The number of aliphatic hydroxyl groups excluding tert-OH is 1. The molecule has 2 rings (SSSR count). The molecule has 0 saturated carbocycles. The van der Waals surface area contributed by atoms with Crippen molar-refractivity contribution in [3.8, 4) is 0 Å². The van der Waals surface area contributed by atoms with Crippen molar-refractivity contribution in [3.63, 3.8) is 0 Å². The minimum atomic E-state index is -0.256. The smallest absolute Gasteiger partial charge is 0.315 e. The molecule has 6 nitrogen and oxygen atoms in total. The molecular weight excluding hydrogens is 324 g/mol. The minimum absolute atomic E-state index is 0.000683. The number of aliphatic hydroxyl groups is 1. The molecule has 1 atom stereocenters. The van der Waals surface area contributed by atoms with Gasteiger partial charge in [0.15, 0.2) is 0 Å². The van der Waals surface area contributed by atoms with Crippen LogP contribution in [-0.4, -0.2) is 34.3 Å². The molecular formula is C17H24N4O2S. The average molecular weight is 348 g/mol. The number of thiazole rings is 1. The van der Waals surface area contributed by atoms with Gasteiger partial charge in [-0.2, -0.15) is 0 Å². The van der Waals surface area contributed by atoms with Gasteiger partial charge in [0, 0.05) is 42.3 Å². The van der Waals surface area contributed by atoms with Crippen LogP contribution in [0, 0.1) is 5.92 Å². The van der Waals surface area contributed by atoms with Gasteiger partial charge in [0.2, 0.25) is 0 Å². The first-order valence-corrected chi connectivity index (χ1v) is 8.93. The second-order valence-corrected chi connectivity index (χ2v) is 6.86. The Morgan fingerprint density at radius 3 is 2.75 bits per heavy atom. The van der Waals surface area contributed by atoms with E-state index in [1.807, 2.05) is 23.6 Å². The van der Waals surface area contributed by atoms with Gasteiger partial charge in [-0.25, -0.2) is 9.78 Å². The molecule has 0 aliphatic carbocycles. The summed E-state index contributed by atoms with van der Waals surface area (Å²) in [6.45, 7) is 4.99. The van der Waals surface area contributed by atoms with Crippen LogP contribution in [0.1, 0.15) is 36.2 Å². The highest BCUT2D eigenvalue weighted by Crippen LogP contribution is 2.18. The Morgan fingerprint density at radius 2 is 2.12 bits per heavy atom. The Kier molecular flexibility index (Phi) is 7.14. The van der Waals surface area contributed by atoms with Crippen molar-refractivity contribution >= 4 is 17.4 Å². The highest BCUT2D eigenvalue weighted by atomic mass is 32.1. The molecule has 0 aliphatic rings. The van der Waals surface area contributed by atoms with Gasteiger partial charge in [-0.15, -0.1) is 11.3 Å². The van der Waals surface area contributed by atoms with E-state index in [1.165, 1.54) is 0 Å². The van der Waals surface area contributed by atoms with Crippen LogP contribution in [0.2, 0.25) is 0 Å². The fourth-order valence-corrected chi connectivity index (χ4v) is 2.99. The van der Waals surface area contributed by atoms with Crippen molar-refractivity contribution in [2.75, 3.05) is 13.2 Å². The number of hydrogen-bond acceptors (Lipinski definition) is 5. The first kappa shape index (κ1) is 18.4. The maximum absolute atomic E-state index is 11.9. The molecule has 24 heavy (non-hydrogen) atoms. The molecule has 3 N–H and O–H groups in total. The number of urea groups is 1. The second-order valence-electron chi connectivity index (χ2n) is 5.97. The first-order valence-electron chi connectivity index (χ1n) is 8.05. The summed E-state index contributed by atoms with van der Waals surface area (Å²) in [6.07, 6.45) is 2.35. The fraction of sp³-hybridized carbons (Fsp3) is 0.471. The number of hydrogen-bond donors (Lipinski definition) is 3. The number of carbonyl (C=O) groups excluding carboxylic acids is 1. The van der Waals surface area contributed by atoms with E-state index in [9.17, 15) is 9.90 Å². The summed E-state index contributed by atoms with van der Waals surface area (Å²) in [7, 11) is 0. The molecule has 130 valence electrons. The Bertz CT molecular complexity index is 631. The Hall–Kier alpha value is -1.99. The van der Waals surface area contributed by atoms with Gasteiger partial charge in [-0.05, 0) is 18.6 Å². The Labute approximate surface area is 146 Å². The minimum Gasteiger partial charge on any atom is -0.396 e. The van der Waals surface area contributed by atoms with Gasteiger partial charge in [0.05, 0.1) is 17.2 Å². The lowest BCUT2D eigenvalue weighted by molar-refractivity contribution is 0.213. The molecule has 2 heterocycles. The van der Waals surface area contributed by atoms with Crippen LogP contribution in [0.15, 0.2) is 29.8 Å². The topological polar surface area (TPSA) is 87.1 Å². The van der Waals surface area contributed by atoms with Gasteiger partial charge in [-0.3, -0.25) is 4.98 Å². The lowest BCUT2D eigenvalue weighted by Crippen LogP contribution is -2.39. The predicted molar refractivity (Wildman–Crippen MR) is 95.0 cm³/mol. The number of carbonyl (C=O) groups is 1. The first-order chi connectivity index (χ1) is 11.6. The van der Waals surface area contributed by atoms with Crippen molar-refractivity contribution in [2.24, 2.45) is 5.92 Å². The normalized spacial score (nSPS) is 12.2. The van der Waals surface area contributed by atoms with Crippen LogP contribution < -0.4 is 10.6 Å². The maximum atomic E-state index is 11.9. The number of rotatable bonds is 8. The quantitative estimate of drug-likeness (QED) is 0.683. The molecule has 0 aromatic carbocycles. The van der Waals surface area contributed by atoms with Gasteiger partial charge in [0.1, 0.15) is 0 Å². The van der Waals surface area contributed by atoms with Crippen LogP contribution >= 0.6 is 11.3 Å². The van der Waals surface area contributed by atoms with Crippen molar-refractivity contribution in [1.29, 1.82) is 0 Å². The zero-order chi connectivity index (χ0) is 17.4. The number of nitrogens with zero attached hydrogens (tertiary/aromatic N) is 2. The third-order valence-corrected chi connectivity index (χ3v) is 4.72. The maximum Gasteiger partial charge on any atom is 0.315 e. The van der Waals surface area contributed by atoms with E-state index in [4.69, 9.17) is 0 Å². The average Bonchev–Trinajstić information content (AvgIpc) is 3.07. The van der Waals surface area contributed by atoms with E-state index < -0.39 is 0 Å². The summed E-state index contributed by atoms with van der Waals surface area (Å²) >= 11 is 1.61. The molecule has 2 aromatic heterocycles. The predicted octanol–water partition coefficient (Wildman–Crippen LogP) is 2.31.